The molecular formula is C20H20BrN5O3S. The third-order valence-electron chi connectivity index (χ3n) is 4.85. The zero-order valence-corrected chi connectivity index (χ0v) is 18.5. The van der Waals surface area contributed by atoms with E-state index in [4.69, 9.17) is 0 Å². The number of fused-ring (bicyclic) bond motifs is 2. The second-order valence-electron chi connectivity index (χ2n) is 6.88. The lowest BCUT2D eigenvalue weighted by Gasteiger charge is -2.05. The van der Waals surface area contributed by atoms with E-state index in [1.54, 1.807) is 16.7 Å². The second kappa shape index (κ2) is 8.21. The zero-order chi connectivity index (χ0) is 21.3. The molecule has 156 valence electrons. The highest BCUT2D eigenvalue weighted by molar-refractivity contribution is 9.10. The zero-order valence-electron chi connectivity index (χ0n) is 16.1. The number of hydrogen-bond donors (Lipinski definition) is 3. The van der Waals surface area contributed by atoms with E-state index in [2.05, 4.69) is 35.9 Å². The fourth-order valence-electron chi connectivity index (χ4n) is 3.30. The van der Waals surface area contributed by atoms with Gasteiger partial charge < -0.3 is 14.7 Å². The summed E-state index contributed by atoms with van der Waals surface area (Å²) in [5, 5.41) is 3.84. The third kappa shape index (κ3) is 4.25. The number of rotatable bonds is 7. The molecule has 3 aromatic heterocycles. The predicted molar refractivity (Wildman–Crippen MR) is 119 cm³/mol. The van der Waals surface area contributed by atoms with Gasteiger partial charge in [-0.25, -0.2) is 18.1 Å². The monoisotopic (exact) mass is 489 g/mol. The van der Waals surface area contributed by atoms with Crippen LogP contribution < -0.4 is 10.0 Å². The highest BCUT2D eigenvalue weighted by atomic mass is 79.9. The molecule has 4 rings (SSSR count). The maximum atomic E-state index is 12.5. The van der Waals surface area contributed by atoms with E-state index in [0.717, 1.165) is 20.9 Å². The standard InChI is InChI=1S/C20H20BrN5O3S/c1-22-30(28,29)12-13-4-5-17-15(9-13)14(10-24-17)6-7-23-20(27)18-11-26-8-2-3-16(21)19(26)25-18/h2-5,8-11,22,24H,6-7,12H2,1H3,(H,23,27). The molecule has 0 aliphatic rings. The number of carbonyl (C=O) groups excluding carboxylic acids is 1. The molecule has 8 nitrogen and oxygen atoms in total. The summed E-state index contributed by atoms with van der Waals surface area (Å²) < 4.78 is 28.6. The van der Waals surface area contributed by atoms with E-state index >= 15 is 0 Å². The smallest absolute Gasteiger partial charge is 0.271 e. The number of carbonyl (C=O) groups is 1. The molecule has 0 radical (unpaired) electrons. The Labute approximate surface area is 181 Å². The van der Waals surface area contributed by atoms with Gasteiger partial charge in [0.15, 0.2) is 5.65 Å². The average Bonchev–Trinajstić information content (AvgIpc) is 3.33. The van der Waals surface area contributed by atoms with Crippen LogP contribution in [-0.4, -0.2) is 42.3 Å². The minimum absolute atomic E-state index is 0.0791. The number of nitrogens with zero attached hydrogens (tertiary/aromatic N) is 2. The number of halogens is 1. The number of nitrogens with one attached hydrogen (secondary N) is 3. The molecule has 4 aromatic rings. The summed E-state index contributed by atoms with van der Waals surface area (Å²) in [5.74, 6) is -0.323. The summed E-state index contributed by atoms with van der Waals surface area (Å²) in [6, 6.07) is 9.27. The van der Waals surface area contributed by atoms with E-state index in [9.17, 15) is 13.2 Å². The van der Waals surface area contributed by atoms with Crippen LogP contribution in [0.2, 0.25) is 0 Å². The average molecular weight is 490 g/mol. The lowest BCUT2D eigenvalue weighted by Crippen LogP contribution is -2.25. The first-order valence-electron chi connectivity index (χ1n) is 9.28. The molecule has 30 heavy (non-hydrogen) atoms. The molecule has 0 fully saturated rings. The highest BCUT2D eigenvalue weighted by Gasteiger charge is 2.13. The van der Waals surface area contributed by atoms with Crippen molar-refractivity contribution in [3.05, 3.63) is 70.2 Å². The van der Waals surface area contributed by atoms with Gasteiger partial charge in [-0.05, 0) is 64.8 Å². The maximum Gasteiger partial charge on any atom is 0.271 e. The number of hydrogen-bond acceptors (Lipinski definition) is 4. The molecule has 0 unspecified atom stereocenters. The number of H-pyrrole nitrogens is 1. The fourth-order valence-corrected chi connectivity index (χ4v) is 4.51. The van der Waals surface area contributed by atoms with Gasteiger partial charge in [0.1, 0.15) is 5.69 Å². The number of benzene rings is 1. The third-order valence-corrected chi connectivity index (χ3v) is 6.80. The minimum atomic E-state index is -3.34. The number of pyridine rings is 1. The SMILES string of the molecule is CNS(=O)(=O)Cc1ccc2[nH]cc(CCNC(=O)c3cn4cccc(Br)c4n3)c2c1. The van der Waals surface area contributed by atoms with Crippen LogP contribution in [0, 0.1) is 0 Å². The number of sulfonamides is 1. The molecule has 3 N–H and O–H groups in total. The lowest BCUT2D eigenvalue weighted by molar-refractivity contribution is 0.0949. The van der Waals surface area contributed by atoms with Crippen LogP contribution in [0.1, 0.15) is 21.6 Å². The first-order chi connectivity index (χ1) is 14.4. The van der Waals surface area contributed by atoms with E-state index in [1.807, 2.05) is 36.7 Å². The maximum absolute atomic E-state index is 12.5. The Balaban J connectivity index is 1.45. The van der Waals surface area contributed by atoms with Gasteiger partial charge in [-0.15, -0.1) is 0 Å². The van der Waals surface area contributed by atoms with Crippen molar-refractivity contribution in [3.8, 4) is 0 Å². The lowest BCUT2D eigenvalue weighted by atomic mass is 10.1. The predicted octanol–water partition coefficient (Wildman–Crippen LogP) is 2.60. The van der Waals surface area contributed by atoms with E-state index < -0.39 is 10.0 Å². The van der Waals surface area contributed by atoms with Gasteiger partial charge in [0.05, 0.1) is 10.2 Å². The number of aromatic nitrogens is 3. The summed E-state index contributed by atoms with van der Waals surface area (Å²) >= 11 is 3.43. The largest absolute Gasteiger partial charge is 0.361 e. The molecule has 1 aromatic carbocycles. The van der Waals surface area contributed by atoms with Crippen molar-refractivity contribution in [3.63, 3.8) is 0 Å². The Bertz CT molecular complexity index is 1340. The molecule has 3 heterocycles. The molecule has 0 aliphatic carbocycles. The first-order valence-corrected chi connectivity index (χ1v) is 11.7. The number of aromatic amines is 1. The normalized spacial score (nSPS) is 11.9. The van der Waals surface area contributed by atoms with Crippen LogP contribution in [0.3, 0.4) is 0 Å². The Kier molecular flexibility index (Phi) is 5.63. The first kappa shape index (κ1) is 20.6. The van der Waals surface area contributed by atoms with Crippen LogP contribution >= 0.6 is 15.9 Å². The molecule has 0 saturated heterocycles. The van der Waals surface area contributed by atoms with Gasteiger partial charge in [0, 0.05) is 36.0 Å². The molecule has 0 atom stereocenters. The van der Waals surface area contributed by atoms with E-state index in [0.29, 0.717) is 29.9 Å². The molecule has 0 spiro atoms. The van der Waals surface area contributed by atoms with Gasteiger partial charge in [-0.1, -0.05) is 6.07 Å². The van der Waals surface area contributed by atoms with Crippen molar-refractivity contribution < 1.29 is 13.2 Å². The molecular weight excluding hydrogens is 470 g/mol. The van der Waals surface area contributed by atoms with Gasteiger partial charge in [0.2, 0.25) is 10.0 Å². The highest BCUT2D eigenvalue weighted by Crippen LogP contribution is 2.21. The molecule has 1 amide bonds. The Morgan fingerprint density at radius 3 is 2.90 bits per heavy atom. The summed E-state index contributed by atoms with van der Waals surface area (Å²) in [6.07, 6.45) is 6.01. The van der Waals surface area contributed by atoms with Crippen molar-refractivity contribution in [2.24, 2.45) is 0 Å². The Morgan fingerprint density at radius 2 is 2.13 bits per heavy atom. The molecule has 0 bridgehead atoms. The van der Waals surface area contributed by atoms with Crippen molar-refractivity contribution in [1.82, 2.24) is 24.4 Å². The van der Waals surface area contributed by atoms with Crippen molar-refractivity contribution in [2.45, 2.75) is 12.2 Å². The Morgan fingerprint density at radius 1 is 1.30 bits per heavy atom. The van der Waals surface area contributed by atoms with Crippen LogP contribution in [0.15, 0.2) is 53.4 Å². The van der Waals surface area contributed by atoms with Gasteiger partial charge in [0.25, 0.3) is 5.91 Å². The van der Waals surface area contributed by atoms with Crippen molar-refractivity contribution in [1.29, 1.82) is 0 Å². The van der Waals surface area contributed by atoms with Crippen LogP contribution in [0.25, 0.3) is 16.6 Å². The summed E-state index contributed by atoms with van der Waals surface area (Å²) in [5.41, 5.74) is 3.67. The molecule has 10 heteroatoms. The van der Waals surface area contributed by atoms with Crippen molar-refractivity contribution >= 4 is 48.4 Å². The van der Waals surface area contributed by atoms with E-state index in [1.165, 1.54) is 7.05 Å². The Hall–Kier alpha value is -2.69. The second-order valence-corrected chi connectivity index (χ2v) is 9.66. The van der Waals surface area contributed by atoms with Gasteiger partial charge in [-0.2, -0.15) is 0 Å². The summed E-state index contributed by atoms with van der Waals surface area (Å²) in [7, 11) is -1.94. The van der Waals surface area contributed by atoms with Gasteiger partial charge >= 0.3 is 0 Å². The summed E-state index contributed by atoms with van der Waals surface area (Å²) in [4.78, 5) is 20.0. The van der Waals surface area contributed by atoms with Crippen LogP contribution in [0.5, 0.6) is 0 Å². The number of amides is 1. The molecule has 0 saturated carbocycles. The summed E-state index contributed by atoms with van der Waals surface area (Å²) in [6.45, 7) is 0.430. The molecule has 0 aliphatic heterocycles. The number of imidazole rings is 1. The van der Waals surface area contributed by atoms with Crippen molar-refractivity contribution in [2.75, 3.05) is 13.6 Å². The van der Waals surface area contributed by atoms with Crippen LogP contribution in [0.4, 0.5) is 0 Å². The van der Waals surface area contributed by atoms with Gasteiger partial charge in [-0.3, -0.25) is 4.79 Å². The fraction of sp³-hybridized carbons (Fsp3) is 0.200. The minimum Gasteiger partial charge on any atom is -0.361 e. The quantitative estimate of drug-likeness (QED) is 0.370. The van der Waals surface area contributed by atoms with E-state index in [-0.39, 0.29) is 11.7 Å². The topological polar surface area (TPSA) is 108 Å². The van der Waals surface area contributed by atoms with Crippen LogP contribution in [-0.2, 0) is 22.2 Å².